The Morgan fingerprint density at radius 1 is 1.13 bits per heavy atom. The molecule has 1 aromatic carbocycles. The summed E-state index contributed by atoms with van der Waals surface area (Å²) in [6, 6.07) is 8.57. The molecule has 30 heavy (non-hydrogen) atoms. The number of ether oxygens (including phenoxy) is 1. The van der Waals surface area contributed by atoms with Crippen LogP contribution < -0.4 is 10.9 Å². The highest BCUT2D eigenvalue weighted by Crippen LogP contribution is 2.22. The number of hydrogen-bond acceptors (Lipinski definition) is 4. The molecule has 2 heterocycles. The number of hydrogen-bond donors (Lipinski definition) is 1. The number of nitrogens with one attached hydrogen (secondary N) is 1. The number of anilines is 1. The predicted octanol–water partition coefficient (Wildman–Crippen LogP) is 3.21. The second-order valence-corrected chi connectivity index (χ2v) is 8.61. The minimum atomic E-state index is -0.669. The molecular formula is C22H30N4O4. The minimum absolute atomic E-state index is 0.223. The second-order valence-electron chi connectivity index (χ2n) is 8.61. The number of likely N-dealkylation sites (tertiary alicyclic amines) is 1. The average molecular weight is 415 g/mol. The van der Waals surface area contributed by atoms with Gasteiger partial charge in [0.25, 0.3) is 5.56 Å². The first-order valence-corrected chi connectivity index (χ1v) is 10.2. The molecule has 1 N–H and O–H groups in total. The van der Waals surface area contributed by atoms with Gasteiger partial charge in [0.15, 0.2) is 0 Å². The topological polar surface area (TPSA) is 85.6 Å². The van der Waals surface area contributed by atoms with E-state index in [0.717, 1.165) is 12.8 Å². The molecule has 1 aliphatic heterocycles. The lowest BCUT2D eigenvalue weighted by Crippen LogP contribution is -2.51. The van der Waals surface area contributed by atoms with Crippen molar-refractivity contribution in [3.63, 3.8) is 0 Å². The van der Waals surface area contributed by atoms with Crippen molar-refractivity contribution >= 4 is 17.7 Å². The van der Waals surface area contributed by atoms with Crippen LogP contribution in [-0.4, -0.2) is 44.5 Å². The van der Waals surface area contributed by atoms with Gasteiger partial charge in [-0.2, -0.15) is 0 Å². The van der Waals surface area contributed by atoms with Crippen molar-refractivity contribution in [2.24, 2.45) is 7.05 Å². The number of carbonyl (C=O) groups excluding carboxylic acids is 2. The minimum Gasteiger partial charge on any atom is -0.444 e. The van der Waals surface area contributed by atoms with Crippen LogP contribution in [0.2, 0.25) is 0 Å². The SMILES string of the molecule is Cc1c(NC(=O)C2CCCCN2C(=O)OC(C)(C)C)c(=O)n(-c2ccccc2)n1C. The molecule has 0 radical (unpaired) electrons. The van der Waals surface area contributed by atoms with Gasteiger partial charge in [-0.05, 0) is 59.1 Å². The van der Waals surface area contributed by atoms with Crippen molar-refractivity contribution in [1.29, 1.82) is 0 Å². The fourth-order valence-corrected chi connectivity index (χ4v) is 3.66. The maximum atomic E-state index is 13.1. The van der Waals surface area contributed by atoms with Gasteiger partial charge in [0.1, 0.15) is 17.3 Å². The maximum Gasteiger partial charge on any atom is 0.410 e. The Kier molecular flexibility index (Phi) is 6.05. The summed E-state index contributed by atoms with van der Waals surface area (Å²) in [5.74, 6) is -0.369. The molecule has 2 aromatic rings. The molecule has 162 valence electrons. The third-order valence-electron chi connectivity index (χ3n) is 5.24. The van der Waals surface area contributed by atoms with Crippen LogP contribution in [0.4, 0.5) is 10.5 Å². The summed E-state index contributed by atoms with van der Waals surface area (Å²) >= 11 is 0. The van der Waals surface area contributed by atoms with E-state index in [4.69, 9.17) is 4.74 Å². The molecule has 1 atom stereocenters. The van der Waals surface area contributed by atoms with Gasteiger partial charge in [0, 0.05) is 13.6 Å². The summed E-state index contributed by atoms with van der Waals surface area (Å²) in [6.45, 7) is 7.62. The Morgan fingerprint density at radius 3 is 2.43 bits per heavy atom. The van der Waals surface area contributed by atoms with Crippen LogP contribution in [-0.2, 0) is 16.6 Å². The van der Waals surface area contributed by atoms with E-state index >= 15 is 0 Å². The molecule has 0 aliphatic carbocycles. The van der Waals surface area contributed by atoms with Crippen molar-refractivity contribution < 1.29 is 14.3 Å². The van der Waals surface area contributed by atoms with Gasteiger partial charge >= 0.3 is 6.09 Å². The van der Waals surface area contributed by atoms with E-state index in [2.05, 4.69) is 5.32 Å². The third kappa shape index (κ3) is 4.42. The zero-order chi connectivity index (χ0) is 22.1. The van der Waals surface area contributed by atoms with Gasteiger partial charge in [-0.15, -0.1) is 0 Å². The summed E-state index contributed by atoms with van der Waals surface area (Å²) < 4.78 is 8.69. The number of amides is 2. The Bertz CT molecular complexity index is 985. The molecule has 1 aromatic heterocycles. The normalized spacial score (nSPS) is 17.0. The number of piperidine rings is 1. The first-order chi connectivity index (χ1) is 14.1. The number of nitrogens with zero attached hydrogens (tertiary/aromatic N) is 3. The molecule has 1 aliphatic rings. The van der Waals surface area contributed by atoms with E-state index in [1.807, 2.05) is 30.3 Å². The number of rotatable bonds is 3. The fourth-order valence-electron chi connectivity index (χ4n) is 3.66. The van der Waals surface area contributed by atoms with Crippen molar-refractivity contribution in [2.75, 3.05) is 11.9 Å². The quantitative estimate of drug-likeness (QED) is 0.836. The standard InChI is InChI=1S/C22H30N4O4/c1-15-18(20(28)26(24(15)5)16-11-7-6-8-12-16)23-19(27)17-13-9-10-14-25(17)21(29)30-22(2,3)4/h6-8,11-12,17H,9-10,13-14H2,1-5H3,(H,23,27). The largest absolute Gasteiger partial charge is 0.444 e. The fraction of sp³-hybridized carbons (Fsp3) is 0.500. The highest BCUT2D eigenvalue weighted by molar-refractivity contribution is 5.97. The Labute approximate surface area is 176 Å². The van der Waals surface area contributed by atoms with Gasteiger partial charge in [-0.1, -0.05) is 18.2 Å². The van der Waals surface area contributed by atoms with Crippen molar-refractivity contribution in [2.45, 2.75) is 58.6 Å². The molecule has 2 amide bonds. The molecule has 8 nitrogen and oxygen atoms in total. The summed E-state index contributed by atoms with van der Waals surface area (Å²) in [5, 5.41) is 2.78. The van der Waals surface area contributed by atoms with E-state index in [-0.39, 0.29) is 17.2 Å². The van der Waals surface area contributed by atoms with Gasteiger partial charge in [-0.25, -0.2) is 9.48 Å². The highest BCUT2D eigenvalue weighted by Gasteiger charge is 2.35. The van der Waals surface area contributed by atoms with E-state index in [0.29, 0.717) is 24.3 Å². The summed E-state index contributed by atoms with van der Waals surface area (Å²) in [5.41, 5.74) is 0.614. The maximum absolute atomic E-state index is 13.1. The lowest BCUT2D eigenvalue weighted by Gasteiger charge is -2.35. The molecule has 0 saturated carbocycles. The van der Waals surface area contributed by atoms with Crippen LogP contribution in [0.25, 0.3) is 5.69 Å². The number of carbonyl (C=O) groups is 2. The molecule has 1 saturated heterocycles. The van der Waals surface area contributed by atoms with Gasteiger partial charge in [0.2, 0.25) is 5.91 Å². The van der Waals surface area contributed by atoms with Gasteiger partial charge in [0.05, 0.1) is 11.4 Å². The smallest absolute Gasteiger partial charge is 0.410 e. The van der Waals surface area contributed by atoms with Gasteiger partial charge in [-0.3, -0.25) is 19.2 Å². The highest BCUT2D eigenvalue weighted by atomic mass is 16.6. The Balaban J connectivity index is 1.86. The lowest BCUT2D eigenvalue weighted by molar-refractivity contribution is -0.122. The Morgan fingerprint density at radius 2 is 1.80 bits per heavy atom. The first-order valence-electron chi connectivity index (χ1n) is 10.2. The van der Waals surface area contributed by atoms with Crippen molar-refractivity contribution in [3.05, 3.63) is 46.4 Å². The van der Waals surface area contributed by atoms with Gasteiger partial charge < -0.3 is 10.1 Å². The molecule has 3 rings (SSSR count). The van der Waals surface area contributed by atoms with Crippen LogP contribution in [0.3, 0.4) is 0 Å². The van der Waals surface area contributed by atoms with Crippen molar-refractivity contribution in [3.8, 4) is 5.69 Å². The predicted molar refractivity (Wildman–Crippen MR) is 115 cm³/mol. The lowest BCUT2D eigenvalue weighted by atomic mass is 10.0. The van der Waals surface area contributed by atoms with E-state index in [1.165, 1.54) is 9.58 Å². The zero-order valence-corrected chi connectivity index (χ0v) is 18.3. The van der Waals surface area contributed by atoms with Crippen molar-refractivity contribution in [1.82, 2.24) is 14.3 Å². The second kappa shape index (κ2) is 8.38. The molecule has 1 unspecified atom stereocenters. The third-order valence-corrected chi connectivity index (χ3v) is 5.24. The summed E-state index contributed by atoms with van der Waals surface area (Å²) in [7, 11) is 1.77. The number of benzene rings is 1. The summed E-state index contributed by atoms with van der Waals surface area (Å²) in [4.78, 5) is 40.2. The Hall–Kier alpha value is -3.03. The van der Waals surface area contributed by atoms with E-state index < -0.39 is 17.7 Å². The summed E-state index contributed by atoms with van der Waals surface area (Å²) in [6.07, 6.45) is 1.67. The average Bonchev–Trinajstić information content (AvgIpc) is 2.90. The zero-order valence-electron chi connectivity index (χ0n) is 18.3. The molecular weight excluding hydrogens is 384 g/mol. The molecule has 0 bridgehead atoms. The molecule has 8 heteroatoms. The van der Waals surface area contributed by atoms with Crippen LogP contribution in [0.5, 0.6) is 0 Å². The number of aromatic nitrogens is 2. The molecule has 0 spiro atoms. The monoisotopic (exact) mass is 414 g/mol. The van der Waals surface area contributed by atoms with E-state index in [1.54, 1.807) is 39.4 Å². The van der Waals surface area contributed by atoms with Crippen LogP contribution >= 0.6 is 0 Å². The number of para-hydroxylation sites is 1. The molecule has 1 fully saturated rings. The van der Waals surface area contributed by atoms with E-state index in [9.17, 15) is 14.4 Å². The van der Waals surface area contributed by atoms with Crippen LogP contribution in [0.1, 0.15) is 45.7 Å². The first kappa shape index (κ1) is 21.7. The van der Waals surface area contributed by atoms with Crippen LogP contribution in [0.15, 0.2) is 35.1 Å². The van der Waals surface area contributed by atoms with Crippen LogP contribution in [0, 0.1) is 6.92 Å².